The van der Waals surface area contributed by atoms with Crippen molar-refractivity contribution in [3.8, 4) is 0 Å². The molecule has 0 saturated heterocycles. The number of allylic oxidation sites excluding steroid dienone is 8. The molecule has 0 aromatic heterocycles. The summed E-state index contributed by atoms with van der Waals surface area (Å²) in [6.07, 6.45) is 13.8. The van der Waals surface area contributed by atoms with E-state index in [0.29, 0.717) is 18.4 Å². The summed E-state index contributed by atoms with van der Waals surface area (Å²) in [5.74, 6) is 0. The summed E-state index contributed by atoms with van der Waals surface area (Å²) in [7, 11) is -4.28. The third kappa shape index (κ3) is 10.3. The van der Waals surface area contributed by atoms with Crippen molar-refractivity contribution in [3.05, 3.63) is 75.4 Å². The van der Waals surface area contributed by atoms with Gasteiger partial charge in [-0.1, -0.05) is 52.7 Å². The summed E-state index contributed by atoms with van der Waals surface area (Å²) < 4.78 is 33.9. The highest BCUT2D eigenvalue weighted by atomic mass is 32.2. The molecule has 1 aromatic rings. The zero-order valence-corrected chi connectivity index (χ0v) is 21.2. The molecule has 0 aliphatic carbocycles. The number of hydrogen-bond acceptors (Lipinski definition) is 2. The van der Waals surface area contributed by atoms with Crippen LogP contribution in [0.5, 0.6) is 0 Å². The average Bonchev–Trinajstić information content (AvgIpc) is 2.63. The van der Waals surface area contributed by atoms with Gasteiger partial charge >= 0.3 is 0 Å². The minimum atomic E-state index is -4.28. The van der Waals surface area contributed by atoms with Crippen molar-refractivity contribution in [3.63, 3.8) is 0 Å². The normalized spacial score (nSPS) is 12.6. The van der Waals surface area contributed by atoms with E-state index in [-0.39, 0.29) is 4.90 Å². The highest BCUT2D eigenvalue weighted by Crippen LogP contribution is 2.26. The molecule has 4 heteroatoms. The number of aryl methyl sites for hydroxylation is 1. The van der Waals surface area contributed by atoms with E-state index in [1.807, 2.05) is 6.92 Å². The van der Waals surface area contributed by atoms with E-state index >= 15 is 0 Å². The van der Waals surface area contributed by atoms with Crippen LogP contribution in [0.25, 0.3) is 0 Å². The second kappa shape index (κ2) is 12.8. The maximum Gasteiger partial charge on any atom is 0.294 e. The fourth-order valence-corrected chi connectivity index (χ4v) is 4.23. The van der Waals surface area contributed by atoms with Crippen LogP contribution >= 0.6 is 0 Å². The van der Waals surface area contributed by atoms with Crippen LogP contribution in [0.4, 0.5) is 0 Å². The molecule has 0 unspecified atom stereocenters. The van der Waals surface area contributed by atoms with Crippen LogP contribution < -0.4 is 0 Å². The van der Waals surface area contributed by atoms with Gasteiger partial charge in [0.15, 0.2) is 0 Å². The summed E-state index contributed by atoms with van der Waals surface area (Å²) in [5.41, 5.74) is 7.87. The van der Waals surface area contributed by atoms with Gasteiger partial charge in [0.05, 0.1) is 4.90 Å². The fraction of sp³-hybridized carbons (Fsp3) is 0.481. The van der Waals surface area contributed by atoms with E-state index in [1.54, 1.807) is 6.07 Å². The van der Waals surface area contributed by atoms with Gasteiger partial charge in [-0.15, -0.1) is 0 Å². The van der Waals surface area contributed by atoms with Gasteiger partial charge < -0.3 is 0 Å². The first-order valence-corrected chi connectivity index (χ1v) is 12.5. The Morgan fingerprint density at radius 1 is 0.774 bits per heavy atom. The third-order valence-corrected chi connectivity index (χ3v) is 6.33. The molecule has 0 heterocycles. The van der Waals surface area contributed by atoms with Crippen LogP contribution in [-0.2, 0) is 23.0 Å². The van der Waals surface area contributed by atoms with E-state index in [2.05, 4.69) is 65.8 Å². The molecule has 31 heavy (non-hydrogen) atoms. The molecule has 0 saturated carbocycles. The highest BCUT2D eigenvalue weighted by Gasteiger charge is 2.19. The molecule has 0 fully saturated rings. The van der Waals surface area contributed by atoms with Gasteiger partial charge in [0, 0.05) is 0 Å². The minimum absolute atomic E-state index is 0.0250. The maximum atomic E-state index is 12.1. The highest BCUT2D eigenvalue weighted by molar-refractivity contribution is 7.85. The molecule has 0 atom stereocenters. The van der Waals surface area contributed by atoms with Gasteiger partial charge in [-0.2, -0.15) is 8.42 Å². The lowest BCUT2D eigenvalue weighted by Crippen LogP contribution is -2.08. The summed E-state index contributed by atoms with van der Waals surface area (Å²) in [5, 5.41) is 0. The number of hydrogen-bond donors (Lipinski definition) is 1. The Kier molecular flexibility index (Phi) is 11.2. The summed E-state index contributed by atoms with van der Waals surface area (Å²) in [4.78, 5) is 0.0250. The van der Waals surface area contributed by atoms with E-state index in [1.165, 1.54) is 28.4 Å². The molecule has 1 rings (SSSR count). The van der Waals surface area contributed by atoms with Crippen LogP contribution in [0, 0.1) is 6.92 Å². The van der Waals surface area contributed by atoms with Crippen LogP contribution in [-0.4, -0.2) is 13.0 Å². The Morgan fingerprint density at radius 3 is 1.65 bits per heavy atom. The molecule has 0 aliphatic rings. The largest absolute Gasteiger partial charge is 0.294 e. The number of benzene rings is 1. The predicted octanol–water partition coefficient (Wildman–Crippen LogP) is 7.71. The molecule has 1 aromatic carbocycles. The Bertz CT molecular complexity index is 966. The van der Waals surface area contributed by atoms with E-state index in [4.69, 9.17) is 0 Å². The van der Waals surface area contributed by atoms with Crippen molar-refractivity contribution in [2.24, 2.45) is 0 Å². The predicted molar refractivity (Wildman–Crippen MR) is 133 cm³/mol. The molecular formula is C27H40O3S. The van der Waals surface area contributed by atoms with Gasteiger partial charge in [-0.25, -0.2) is 0 Å². The van der Waals surface area contributed by atoms with Crippen molar-refractivity contribution in [2.45, 2.75) is 91.9 Å². The monoisotopic (exact) mass is 444 g/mol. The van der Waals surface area contributed by atoms with Gasteiger partial charge in [0.1, 0.15) is 0 Å². The molecule has 0 amide bonds. The first-order chi connectivity index (χ1) is 14.4. The summed E-state index contributed by atoms with van der Waals surface area (Å²) >= 11 is 0. The standard InChI is InChI=1S/C27H40O3S/c1-20(2)10-8-12-22(5)14-17-25-24(7)16-19-27(31(28,29)30)26(25)18-15-23(6)13-9-11-21(3)4/h10-11,14-16,19H,8-9,12-13,17-18H2,1-7H3,(H,28,29,30)/b22-14-,23-15+. The molecule has 1 N–H and O–H groups in total. The molecule has 0 aliphatic heterocycles. The molecule has 0 spiro atoms. The second-order valence-electron chi connectivity index (χ2n) is 8.96. The topological polar surface area (TPSA) is 54.4 Å². The molecule has 3 nitrogen and oxygen atoms in total. The van der Waals surface area contributed by atoms with Crippen molar-refractivity contribution in [2.75, 3.05) is 0 Å². The van der Waals surface area contributed by atoms with Crippen molar-refractivity contribution in [1.82, 2.24) is 0 Å². The van der Waals surface area contributed by atoms with Crippen LogP contribution in [0.1, 0.15) is 83.9 Å². The van der Waals surface area contributed by atoms with Crippen molar-refractivity contribution >= 4 is 10.1 Å². The SMILES string of the molecule is CC(C)=CCC/C(C)=C\Cc1c(C)ccc(S(=O)(=O)O)c1C/C=C(\C)CCC=C(C)C. The fourth-order valence-electron chi connectivity index (χ4n) is 3.47. The third-order valence-electron chi connectivity index (χ3n) is 5.39. The zero-order chi connectivity index (χ0) is 23.6. The van der Waals surface area contributed by atoms with Gasteiger partial charge in [-0.05, 0) is 110 Å². The first-order valence-electron chi connectivity index (χ1n) is 11.1. The van der Waals surface area contributed by atoms with Crippen LogP contribution in [0.2, 0.25) is 0 Å². The van der Waals surface area contributed by atoms with Gasteiger partial charge in [0.2, 0.25) is 0 Å². The molecular weight excluding hydrogens is 404 g/mol. The first kappa shape index (κ1) is 27.1. The molecule has 0 bridgehead atoms. The van der Waals surface area contributed by atoms with E-state index < -0.39 is 10.1 Å². The van der Waals surface area contributed by atoms with Crippen LogP contribution in [0.3, 0.4) is 0 Å². The number of rotatable bonds is 11. The summed E-state index contributed by atoms with van der Waals surface area (Å²) in [6.45, 7) is 14.6. The van der Waals surface area contributed by atoms with Crippen molar-refractivity contribution < 1.29 is 13.0 Å². The van der Waals surface area contributed by atoms with Gasteiger partial charge in [0.25, 0.3) is 10.1 Å². The van der Waals surface area contributed by atoms with Gasteiger partial charge in [-0.3, -0.25) is 4.55 Å². The zero-order valence-electron chi connectivity index (χ0n) is 20.4. The van der Waals surface area contributed by atoms with Crippen LogP contribution in [0.15, 0.2) is 63.6 Å². The smallest absolute Gasteiger partial charge is 0.282 e. The lowest BCUT2D eigenvalue weighted by Gasteiger charge is -2.15. The Labute approximate surface area is 190 Å². The molecule has 0 radical (unpaired) electrons. The summed E-state index contributed by atoms with van der Waals surface area (Å²) in [6, 6.07) is 3.32. The molecule has 172 valence electrons. The lowest BCUT2D eigenvalue weighted by atomic mass is 9.94. The van der Waals surface area contributed by atoms with E-state index in [0.717, 1.165) is 36.8 Å². The van der Waals surface area contributed by atoms with E-state index in [9.17, 15) is 13.0 Å². The average molecular weight is 445 g/mol. The Hall–Kier alpha value is -1.91. The lowest BCUT2D eigenvalue weighted by molar-refractivity contribution is 0.482. The maximum absolute atomic E-state index is 12.1. The Morgan fingerprint density at radius 2 is 1.23 bits per heavy atom. The quantitative estimate of drug-likeness (QED) is 0.281. The Balaban J connectivity index is 3.20. The second-order valence-corrected chi connectivity index (χ2v) is 10.4. The van der Waals surface area contributed by atoms with Crippen molar-refractivity contribution in [1.29, 1.82) is 0 Å². The minimum Gasteiger partial charge on any atom is -0.282 e.